The number of rotatable bonds is 9. The van der Waals surface area contributed by atoms with Gasteiger partial charge in [0.2, 0.25) is 9.92 Å². The number of hydrogen-bond donors (Lipinski definition) is 10. The van der Waals surface area contributed by atoms with Crippen LogP contribution in [-0.4, -0.2) is 55.6 Å². The van der Waals surface area contributed by atoms with Gasteiger partial charge < -0.3 is 50.6 Å². The molecule has 0 aliphatic heterocycles. The molecule has 0 saturated carbocycles. The molecular weight excluding hydrogens is 416 g/mol. The Kier molecular flexibility index (Phi) is 7.42. The predicted molar refractivity (Wildman–Crippen MR) is 80.7 cm³/mol. The lowest BCUT2D eigenvalue weighted by Crippen LogP contribution is -2.59. The second-order valence-electron chi connectivity index (χ2n) is 4.96. The van der Waals surface area contributed by atoms with Crippen LogP contribution in [0.4, 0.5) is 0 Å². The molecule has 0 fully saturated rings. The summed E-state index contributed by atoms with van der Waals surface area (Å²) in [7, 11) is -25.3. The Morgan fingerprint density at radius 1 is 0.667 bits per heavy atom. The van der Waals surface area contributed by atoms with Crippen molar-refractivity contribution in [3.05, 3.63) is 0 Å². The predicted octanol–water partition coefficient (Wildman–Crippen LogP) is -1.86. The highest BCUT2D eigenvalue weighted by atomic mass is 31.3. The lowest BCUT2D eigenvalue weighted by atomic mass is 10.2. The topological polar surface area (TPSA) is 282 Å². The minimum Gasteiger partial charge on any atom is -0.330 e. The van der Waals surface area contributed by atoms with Crippen molar-refractivity contribution >= 4 is 30.4 Å². The van der Waals surface area contributed by atoms with Crippen molar-refractivity contribution in [2.24, 2.45) is 11.5 Å². The molecule has 0 spiro atoms. The van der Waals surface area contributed by atoms with Crippen molar-refractivity contribution in [1.82, 2.24) is 0 Å². The standard InChI is InChI=1S/C6H20N2O12P4/c7-4-2-1-3-5(21(9,10)11,22(12,13)14)6(8,23(15,16)17)24(18,19)20/h1-4,7-8H2,(H2,9,10,11)(H2,12,13,14)(H2,15,16,17)(H2,18,19,20). The third-order valence-corrected chi connectivity index (χ3v) is 12.9. The molecule has 0 aromatic carbocycles. The molecule has 12 N–H and O–H groups in total. The van der Waals surface area contributed by atoms with Gasteiger partial charge in [-0.05, 0) is 19.4 Å². The lowest BCUT2D eigenvalue weighted by molar-refractivity contribution is 0.242. The van der Waals surface area contributed by atoms with Crippen molar-refractivity contribution in [3.8, 4) is 0 Å². The average molecular weight is 436 g/mol. The first-order chi connectivity index (χ1) is 10.3. The molecule has 0 radical (unpaired) electrons. The summed E-state index contributed by atoms with van der Waals surface area (Å²) in [4.78, 5) is 70.7. The van der Waals surface area contributed by atoms with Gasteiger partial charge in [-0.2, -0.15) is 0 Å². The molecule has 24 heavy (non-hydrogen) atoms. The van der Waals surface area contributed by atoms with Gasteiger partial charge in [-0.3, -0.25) is 18.3 Å². The lowest BCUT2D eigenvalue weighted by Gasteiger charge is -2.47. The van der Waals surface area contributed by atoms with Crippen LogP contribution in [0.1, 0.15) is 19.3 Å². The molecule has 0 aliphatic carbocycles. The summed E-state index contributed by atoms with van der Waals surface area (Å²) in [5.74, 6) is 0. The maximum Gasteiger partial charge on any atom is 0.359 e. The van der Waals surface area contributed by atoms with Gasteiger partial charge in [-0.1, -0.05) is 6.42 Å². The molecule has 18 heteroatoms. The zero-order valence-corrected chi connectivity index (χ0v) is 15.6. The Morgan fingerprint density at radius 2 is 1.00 bits per heavy atom. The average Bonchev–Trinajstić information content (AvgIpc) is 2.27. The molecule has 0 aromatic rings. The quantitative estimate of drug-likeness (QED) is 0.140. The van der Waals surface area contributed by atoms with Gasteiger partial charge >= 0.3 is 30.4 Å². The Bertz CT molecular complexity index is 596. The molecular formula is C6H20N2O12P4. The van der Waals surface area contributed by atoms with E-state index >= 15 is 0 Å². The zero-order valence-electron chi connectivity index (χ0n) is 12.0. The molecule has 0 bridgehead atoms. The van der Waals surface area contributed by atoms with E-state index in [-0.39, 0.29) is 13.0 Å². The maximum absolute atomic E-state index is 11.8. The van der Waals surface area contributed by atoms with Crippen LogP contribution < -0.4 is 11.5 Å². The molecule has 0 heterocycles. The summed E-state index contributed by atoms with van der Waals surface area (Å²) in [5.41, 5.74) is 10.2. The molecule has 0 aliphatic rings. The van der Waals surface area contributed by atoms with Crippen LogP contribution in [-0.2, 0) is 18.3 Å². The van der Waals surface area contributed by atoms with Crippen LogP contribution in [0.2, 0.25) is 0 Å². The first-order valence-corrected chi connectivity index (χ1v) is 12.5. The molecule has 0 rings (SSSR count). The Balaban J connectivity index is 7.13. The Labute approximate surface area is 135 Å². The van der Waals surface area contributed by atoms with Crippen LogP contribution in [0, 0.1) is 0 Å². The van der Waals surface area contributed by atoms with Gasteiger partial charge in [0.05, 0.1) is 0 Å². The van der Waals surface area contributed by atoms with Crippen LogP contribution in [0.3, 0.4) is 0 Å². The number of unbranched alkanes of at least 4 members (excludes halogenated alkanes) is 1. The van der Waals surface area contributed by atoms with E-state index in [9.17, 15) is 57.4 Å². The Morgan fingerprint density at radius 3 is 1.21 bits per heavy atom. The van der Waals surface area contributed by atoms with Crippen molar-refractivity contribution in [2.75, 3.05) is 6.54 Å². The smallest absolute Gasteiger partial charge is 0.330 e. The van der Waals surface area contributed by atoms with Crippen LogP contribution in [0.25, 0.3) is 0 Å². The van der Waals surface area contributed by atoms with E-state index in [4.69, 9.17) is 11.5 Å². The summed E-state index contributed by atoms with van der Waals surface area (Å²) in [6, 6.07) is 0. The molecule has 0 aromatic heterocycles. The van der Waals surface area contributed by atoms with E-state index in [1.807, 2.05) is 0 Å². The normalized spacial score (nSPS) is 15.6. The monoisotopic (exact) mass is 436 g/mol. The first kappa shape index (κ1) is 24.5. The van der Waals surface area contributed by atoms with E-state index in [1.165, 1.54) is 0 Å². The highest BCUT2D eigenvalue weighted by molar-refractivity contribution is 7.80. The summed E-state index contributed by atoms with van der Waals surface area (Å²) in [6.07, 6.45) is -2.06. The van der Waals surface area contributed by atoms with E-state index in [2.05, 4.69) is 0 Å². The van der Waals surface area contributed by atoms with Crippen molar-refractivity contribution in [1.29, 1.82) is 0 Å². The fourth-order valence-electron chi connectivity index (χ4n) is 2.23. The van der Waals surface area contributed by atoms with Gasteiger partial charge in [-0.25, -0.2) is 0 Å². The minimum absolute atomic E-state index is 0.125. The largest absolute Gasteiger partial charge is 0.359 e. The third-order valence-electron chi connectivity index (χ3n) is 3.42. The van der Waals surface area contributed by atoms with E-state index in [1.54, 1.807) is 0 Å². The fraction of sp³-hybridized carbons (Fsp3) is 1.00. The molecule has 0 unspecified atom stereocenters. The summed E-state index contributed by atoms with van der Waals surface area (Å²) in [5, 5.41) is -4.53. The van der Waals surface area contributed by atoms with E-state index in [0.717, 1.165) is 0 Å². The molecule has 0 atom stereocenters. The highest BCUT2D eigenvalue weighted by Gasteiger charge is 2.82. The SMILES string of the molecule is NCCCCC(C(N)(P(=O)(O)O)P(=O)(O)O)(P(=O)(O)O)P(=O)(O)O. The second kappa shape index (κ2) is 7.26. The zero-order chi connectivity index (χ0) is 19.8. The van der Waals surface area contributed by atoms with Gasteiger partial charge in [0, 0.05) is 0 Å². The summed E-state index contributed by atoms with van der Waals surface area (Å²) in [6.45, 7) is -0.137. The number of hydrogen-bond acceptors (Lipinski definition) is 6. The van der Waals surface area contributed by atoms with Gasteiger partial charge in [0.1, 0.15) is 0 Å². The third kappa shape index (κ3) is 3.93. The molecule has 14 nitrogen and oxygen atoms in total. The molecule has 0 amide bonds. The van der Waals surface area contributed by atoms with E-state index in [0.29, 0.717) is 0 Å². The van der Waals surface area contributed by atoms with Crippen LogP contribution in [0.15, 0.2) is 0 Å². The summed E-state index contributed by atoms with van der Waals surface area (Å²) < 4.78 is 47.0. The van der Waals surface area contributed by atoms with Crippen molar-refractivity contribution in [2.45, 2.75) is 29.2 Å². The minimum atomic E-state index is -6.37. The molecule has 146 valence electrons. The Hall–Kier alpha value is 0.520. The van der Waals surface area contributed by atoms with Gasteiger partial charge in [0.15, 0.2) is 0 Å². The van der Waals surface area contributed by atoms with Crippen molar-refractivity contribution < 1.29 is 57.4 Å². The van der Waals surface area contributed by atoms with Crippen LogP contribution >= 0.6 is 30.4 Å². The van der Waals surface area contributed by atoms with Gasteiger partial charge in [-0.15, -0.1) is 0 Å². The van der Waals surface area contributed by atoms with E-state index < -0.39 is 53.1 Å². The second-order valence-corrected chi connectivity index (χ2v) is 13.0. The highest BCUT2D eigenvalue weighted by Crippen LogP contribution is 2.86. The van der Waals surface area contributed by atoms with Crippen LogP contribution in [0.5, 0.6) is 0 Å². The molecule has 0 saturated heterocycles. The van der Waals surface area contributed by atoms with Gasteiger partial charge in [0.25, 0.3) is 0 Å². The van der Waals surface area contributed by atoms with Crippen molar-refractivity contribution in [3.63, 3.8) is 0 Å². The fourth-order valence-corrected chi connectivity index (χ4v) is 11.0. The maximum atomic E-state index is 11.8. The number of nitrogens with two attached hydrogens (primary N) is 2. The first-order valence-electron chi connectivity index (χ1n) is 6.03. The summed E-state index contributed by atoms with van der Waals surface area (Å²) >= 11 is 0.